The van der Waals surface area contributed by atoms with Gasteiger partial charge in [-0.15, -0.1) is 0 Å². The second-order valence-corrected chi connectivity index (χ2v) is 8.03. The summed E-state index contributed by atoms with van der Waals surface area (Å²) < 4.78 is 0. The van der Waals surface area contributed by atoms with Crippen molar-refractivity contribution >= 4 is 22.8 Å². The quantitative estimate of drug-likeness (QED) is 0.517. The number of aromatic nitrogens is 3. The van der Waals surface area contributed by atoms with Crippen molar-refractivity contribution in [3.63, 3.8) is 0 Å². The third-order valence-electron chi connectivity index (χ3n) is 6.08. The minimum atomic E-state index is -0.105. The Morgan fingerprint density at radius 2 is 1.90 bits per heavy atom. The number of amides is 1. The van der Waals surface area contributed by atoms with Crippen LogP contribution in [-0.4, -0.2) is 32.3 Å². The lowest BCUT2D eigenvalue weighted by atomic mass is 9.93. The van der Waals surface area contributed by atoms with Crippen molar-refractivity contribution in [2.24, 2.45) is 0 Å². The van der Waals surface area contributed by atoms with E-state index in [4.69, 9.17) is 5.73 Å². The third-order valence-corrected chi connectivity index (χ3v) is 6.08. The predicted octanol–water partition coefficient (Wildman–Crippen LogP) is 4.50. The number of anilines is 1. The van der Waals surface area contributed by atoms with E-state index in [-0.39, 0.29) is 17.9 Å². The number of benzene rings is 2. The van der Waals surface area contributed by atoms with Gasteiger partial charge in [0.15, 0.2) is 0 Å². The van der Waals surface area contributed by atoms with Crippen molar-refractivity contribution in [1.82, 2.24) is 19.9 Å². The van der Waals surface area contributed by atoms with E-state index in [1.165, 1.54) is 0 Å². The summed E-state index contributed by atoms with van der Waals surface area (Å²) in [5.74, 6) is 0.356. The molecule has 1 saturated heterocycles. The van der Waals surface area contributed by atoms with Crippen LogP contribution in [0.5, 0.6) is 0 Å². The highest BCUT2D eigenvalue weighted by molar-refractivity contribution is 5.89. The summed E-state index contributed by atoms with van der Waals surface area (Å²) in [6.07, 6.45) is 7.01. The normalized spacial score (nSPS) is 16.5. The topological polar surface area (TPSA) is 87.9 Å². The Morgan fingerprint density at radius 1 is 1.10 bits per heavy atom. The molecule has 0 radical (unpaired) electrons. The van der Waals surface area contributed by atoms with Gasteiger partial charge in [-0.2, -0.15) is 0 Å². The Bertz CT molecular complexity index is 1220. The maximum atomic E-state index is 13.5. The van der Waals surface area contributed by atoms with Gasteiger partial charge < -0.3 is 15.6 Å². The second-order valence-electron chi connectivity index (χ2n) is 8.03. The number of para-hydroxylation sites is 1. The highest BCUT2D eigenvalue weighted by Gasteiger charge is 2.31. The summed E-state index contributed by atoms with van der Waals surface area (Å²) in [4.78, 5) is 27.6. The zero-order valence-corrected chi connectivity index (χ0v) is 17.3. The highest BCUT2D eigenvalue weighted by atomic mass is 16.2. The van der Waals surface area contributed by atoms with E-state index in [1.807, 2.05) is 59.6 Å². The molecule has 1 aliphatic heterocycles. The van der Waals surface area contributed by atoms with Crippen LogP contribution in [0.1, 0.15) is 36.6 Å². The first-order valence-corrected chi connectivity index (χ1v) is 10.7. The number of nitrogens with one attached hydrogen (secondary N) is 1. The van der Waals surface area contributed by atoms with Crippen LogP contribution in [0.15, 0.2) is 67.0 Å². The van der Waals surface area contributed by atoms with Crippen molar-refractivity contribution in [3.8, 4) is 11.1 Å². The first-order chi connectivity index (χ1) is 15.2. The van der Waals surface area contributed by atoms with E-state index < -0.39 is 0 Å². The number of nitrogen functional groups attached to an aromatic ring is 1. The van der Waals surface area contributed by atoms with Gasteiger partial charge in [-0.05, 0) is 36.5 Å². The average Bonchev–Trinajstić information content (AvgIpc) is 3.22. The van der Waals surface area contributed by atoms with Crippen LogP contribution in [-0.2, 0) is 11.2 Å². The zero-order valence-electron chi connectivity index (χ0n) is 17.3. The molecule has 2 aromatic carbocycles. The molecule has 0 bridgehead atoms. The van der Waals surface area contributed by atoms with E-state index in [1.54, 1.807) is 6.20 Å². The number of nitrogens with zero attached hydrogens (tertiary/aromatic N) is 3. The number of aromatic amines is 1. The molecule has 6 heteroatoms. The van der Waals surface area contributed by atoms with Gasteiger partial charge in [-0.25, -0.2) is 9.97 Å². The smallest absolute Gasteiger partial charge is 0.227 e. The van der Waals surface area contributed by atoms with Crippen molar-refractivity contribution in [3.05, 3.63) is 78.2 Å². The minimum Gasteiger partial charge on any atom is -0.368 e. The number of piperidine rings is 1. The predicted molar refractivity (Wildman–Crippen MR) is 122 cm³/mol. The summed E-state index contributed by atoms with van der Waals surface area (Å²) in [5.41, 5.74) is 10.9. The van der Waals surface area contributed by atoms with Gasteiger partial charge in [0.2, 0.25) is 11.9 Å². The van der Waals surface area contributed by atoms with Crippen LogP contribution in [0.3, 0.4) is 0 Å². The number of hydrogen-bond donors (Lipinski definition) is 2. The van der Waals surface area contributed by atoms with Crippen LogP contribution < -0.4 is 5.73 Å². The minimum absolute atomic E-state index is 0.105. The van der Waals surface area contributed by atoms with Crippen molar-refractivity contribution in [1.29, 1.82) is 0 Å². The Hall–Kier alpha value is -3.67. The van der Waals surface area contributed by atoms with E-state index in [9.17, 15) is 4.79 Å². The molecule has 3 N–H and O–H groups in total. The van der Waals surface area contributed by atoms with Crippen LogP contribution in [0, 0.1) is 0 Å². The largest absolute Gasteiger partial charge is 0.368 e. The summed E-state index contributed by atoms with van der Waals surface area (Å²) in [6.45, 7) is 0.726. The third kappa shape index (κ3) is 3.77. The molecule has 1 aliphatic rings. The van der Waals surface area contributed by atoms with Gasteiger partial charge in [0.1, 0.15) is 0 Å². The number of rotatable bonds is 4. The summed E-state index contributed by atoms with van der Waals surface area (Å²) in [6, 6.07) is 18.0. The average molecular weight is 412 g/mol. The first-order valence-electron chi connectivity index (χ1n) is 10.7. The highest BCUT2D eigenvalue weighted by Crippen LogP contribution is 2.36. The fourth-order valence-corrected chi connectivity index (χ4v) is 4.56. The lowest BCUT2D eigenvalue weighted by Gasteiger charge is -2.36. The lowest BCUT2D eigenvalue weighted by molar-refractivity contribution is -0.134. The molecule has 1 amide bonds. The number of hydrogen-bond acceptors (Lipinski definition) is 4. The standard InChI is InChI=1S/C25H25N5O/c26-25-28-16-20(17-8-2-1-3-9-17)24(29-25)22-12-6-7-13-30(22)23(31)14-18-15-27-21-11-5-4-10-19(18)21/h1-5,8-11,15-16,22,27H,6-7,12-14H2,(H2,26,28,29). The molecule has 2 aromatic heterocycles. The lowest BCUT2D eigenvalue weighted by Crippen LogP contribution is -2.40. The maximum Gasteiger partial charge on any atom is 0.227 e. The number of likely N-dealkylation sites (tertiary alicyclic amines) is 1. The van der Waals surface area contributed by atoms with E-state index in [0.29, 0.717) is 6.42 Å². The van der Waals surface area contributed by atoms with E-state index in [0.717, 1.165) is 59.1 Å². The van der Waals surface area contributed by atoms with Crippen LogP contribution >= 0.6 is 0 Å². The van der Waals surface area contributed by atoms with E-state index >= 15 is 0 Å². The number of fused-ring (bicyclic) bond motifs is 1. The number of carbonyl (C=O) groups is 1. The summed E-state index contributed by atoms with van der Waals surface area (Å²) >= 11 is 0. The molecular weight excluding hydrogens is 386 g/mol. The molecular formula is C25H25N5O. The van der Waals surface area contributed by atoms with Crippen molar-refractivity contribution in [2.45, 2.75) is 31.7 Å². The second kappa shape index (κ2) is 8.22. The monoisotopic (exact) mass is 411 g/mol. The molecule has 6 nitrogen and oxygen atoms in total. The molecule has 1 fully saturated rings. The van der Waals surface area contributed by atoms with Crippen LogP contribution in [0.4, 0.5) is 5.95 Å². The Labute approximate surface area is 181 Å². The number of nitrogens with two attached hydrogens (primary N) is 1. The number of carbonyl (C=O) groups excluding carboxylic acids is 1. The molecule has 0 saturated carbocycles. The molecule has 31 heavy (non-hydrogen) atoms. The molecule has 1 unspecified atom stereocenters. The molecule has 0 aliphatic carbocycles. The van der Waals surface area contributed by atoms with Gasteiger partial charge in [0, 0.05) is 35.4 Å². The first kappa shape index (κ1) is 19.3. The van der Waals surface area contributed by atoms with Gasteiger partial charge in [0.25, 0.3) is 0 Å². The van der Waals surface area contributed by atoms with Crippen molar-refractivity contribution in [2.75, 3.05) is 12.3 Å². The van der Waals surface area contributed by atoms with Crippen LogP contribution in [0.25, 0.3) is 22.0 Å². The van der Waals surface area contributed by atoms with Gasteiger partial charge >= 0.3 is 0 Å². The molecule has 4 aromatic rings. The Balaban J connectivity index is 1.49. The van der Waals surface area contributed by atoms with E-state index in [2.05, 4.69) is 21.0 Å². The zero-order chi connectivity index (χ0) is 21.2. The maximum absolute atomic E-state index is 13.5. The van der Waals surface area contributed by atoms with Gasteiger partial charge in [-0.1, -0.05) is 48.5 Å². The van der Waals surface area contributed by atoms with Crippen LogP contribution in [0.2, 0.25) is 0 Å². The molecule has 5 rings (SSSR count). The molecule has 1 atom stereocenters. The summed E-state index contributed by atoms with van der Waals surface area (Å²) in [5, 5.41) is 1.10. The fraction of sp³-hybridized carbons (Fsp3) is 0.240. The molecule has 156 valence electrons. The van der Waals surface area contributed by atoms with Gasteiger partial charge in [0.05, 0.1) is 18.2 Å². The Morgan fingerprint density at radius 3 is 2.77 bits per heavy atom. The van der Waals surface area contributed by atoms with Gasteiger partial charge in [-0.3, -0.25) is 4.79 Å². The Kier molecular flexibility index (Phi) is 5.12. The molecule has 0 spiro atoms. The number of H-pyrrole nitrogens is 1. The summed E-state index contributed by atoms with van der Waals surface area (Å²) in [7, 11) is 0. The fourth-order valence-electron chi connectivity index (χ4n) is 4.56. The SMILES string of the molecule is Nc1ncc(-c2ccccc2)c(C2CCCCN2C(=O)Cc2c[nH]c3ccccc23)n1. The van der Waals surface area contributed by atoms with Crippen molar-refractivity contribution < 1.29 is 4.79 Å². The molecule has 3 heterocycles.